The van der Waals surface area contributed by atoms with Crippen molar-refractivity contribution in [3.63, 3.8) is 0 Å². The highest BCUT2D eigenvalue weighted by atomic mass is 19.1. The van der Waals surface area contributed by atoms with Gasteiger partial charge in [-0.1, -0.05) is 0 Å². The minimum atomic E-state index is -0.203. The quantitative estimate of drug-likeness (QED) is 0.516. The fourth-order valence-corrected chi connectivity index (χ4v) is 2.41. The molecule has 0 fully saturated rings. The first-order valence-electron chi connectivity index (χ1n) is 5.37. The lowest BCUT2D eigenvalue weighted by molar-refractivity contribution is 0.629. The maximum Gasteiger partial charge on any atom is 0.123 e. The molecule has 0 atom stereocenters. The molecule has 3 rings (SSSR count). The van der Waals surface area contributed by atoms with Gasteiger partial charge in [0, 0.05) is 10.9 Å². The number of fused-ring (bicyclic) bond motifs is 3. The van der Waals surface area contributed by atoms with Gasteiger partial charge in [-0.15, -0.1) is 0 Å². The third-order valence-electron chi connectivity index (χ3n) is 3.15. The van der Waals surface area contributed by atoms with E-state index in [1.807, 2.05) is 0 Å². The Hall–Kier alpha value is -1.84. The van der Waals surface area contributed by atoms with Gasteiger partial charge >= 0.3 is 0 Å². The summed E-state index contributed by atoms with van der Waals surface area (Å²) in [5.74, 6) is 5.16. The van der Waals surface area contributed by atoms with Crippen molar-refractivity contribution >= 4 is 16.6 Å². The van der Waals surface area contributed by atoms with Gasteiger partial charge in [0.1, 0.15) is 5.82 Å². The first-order valence-corrected chi connectivity index (χ1v) is 5.37. The molecule has 0 spiro atoms. The number of rotatable bonds is 0. The molecule has 2 aromatic rings. The number of nitrogens with one attached hydrogen (secondary N) is 1. The zero-order valence-electron chi connectivity index (χ0n) is 8.76. The van der Waals surface area contributed by atoms with Gasteiger partial charge in [-0.2, -0.15) is 5.10 Å². The Labute approximate surface area is 92.1 Å². The zero-order valence-corrected chi connectivity index (χ0v) is 8.76. The van der Waals surface area contributed by atoms with Crippen molar-refractivity contribution in [1.29, 1.82) is 0 Å². The average Bonchev–Trinajstić information content (AvgIpc) is 2.67. The van der Waals surface area contributed by atoms with Crippen molar-refractivity contribution in [1.82, 2.24) is 4.98 Å². The first kappa shape index (κ1) is 9.39. The fourth-order valence-electron chi connectivity index (χ4n) is 2.41. The summed E-state index contributed by atoms with van der Waals surface area (Å²) in [6.45, 7) is 0. The second kappa shape index (κ2) is 3.33. The van der Waals surface area contributed by atoms with Gasteiger partial charge in [0.25, 0.3) is 0 Å². The van der Waals surface area contributed by atoms with E-state index in [0.29, 0.717) is 0 Å². The zero-order chi connectivity index (χ0) is 11.1. The van der Waals surface area contributed by atoms with Crippen LogP contribution in [0.15, 0.2) is 23.3 Å². The van der Waals surface area contributed by atoms with E-state index in [2.05, 4.69) is 10.1 Å². The molecule has 1 aromatic heterocycles. The van der Waals surface area contributed by atoms with Crippen LogP contribution < -0.4 is 5.84 Å². The Morgan fingerprint density at radius 1 is 1.31 bits per heavy atom. The predicted molar refractivity (Wildman–Crippen MR) is 61.9 cm³/mol. The molecule has 82 valence electrons. The molecule has 0 saturated heterocycles. The minimum absolute atomic E-state index is 0.203. The molecule has 0 amide bonds. The molecular weight excluding hydrogens is 205 g/mol. The maximum atomic E-state index is 13.2. The van der Waals surface area contributed by atoms with Crippen LogP contribution in [0, 0.1) is 5.82 Å². The Morgan fingerprint density at radius 2 is 2.19 bits per heavy atom. The Balaban J connectivity index is 2.33. The molecule has 0 aliphatic heterocycles. The van der Waals surface area contributed by atoms with E-state index in [-0.39, 0.29) is 5.82 Å². The molecule has 1 aromatic carbocycles. The van der Waals surface area contributed by atoms with E-state index >= 15 is 0 Å². The second-order valence-electron chi connectivity index (χ2n) is 4.10. The van der Waals surface area contributed by atoms with E-state index in [0.717, 1.165) is 47.1 Å². The molecule has 3 N–H and O–H groups in total. The normalized spacial score (nSPS) is 17.9. The van der Waals surface area contributed by atoms with Gasteiger partial charge in [-0.05, 0) is 43.0 Å². The van der Waals surface area contributed by atoms with E-state index in [1.165, 1.54) is 6.07 Å². The summed E-state index contributed by atoms with van der Waals surface area (Å²) in [5.41, 5.74) is 3.96. The molecule has 1 aliphatic carbocycles. The van der Waals surface area contributed by atoms with Crippen molar-refractivity contribution in [2.45, 2.75) is 19.3 Å². The van der Waals surface area contributed by atoms with Crippen molar-refractivity contribution in [2.75, 3.05) is 0 Å². The Bertz CT molecular complexity index is 583. The molecule has 0 radical (unpaired) electrons. The average molecular weight is 217 g/mol. The van der Waals surface area contributed by atoms with Gasteiger partial charge in [0.2, 0.25) is 0 Å². The van der Waals surface area contributed by atoms with Gasteiger partial charge in [-0.25, -0.2) is 4.39 Å². The number of aromatic nitrogens is 1. The van der Waals surface area contributed by atoms with Crippen LogP contribution in [0.5, 0.6) is 0 Å². The number of halogens is 1. The second-order valence-corrected chi connectivity index (χ2v) is 4.10. The van der Waals surface area contributed by atoms with Gasteiger partial charge in [0.15, 0.2) is 0 Å². The largest absolute Gasteiger partial charge is 0.353 e. The number of hydrazone groups is 1. The highest BCUT2D eigenvalue weighted by Crippen LogP contribution is 2.29. The van der Waals surface area contributed by atoms with Crippen LogP contribution in [0.4, 0.5) is 4.39 Å². The number of nitrogens with zero attached hydrogens (tertiary/aromatic N) is 1. The van der Waals surface area contributed by atoms with Crippen LogP contribution in [-0.2, 0) is 6.42 Å². The van der Waals surface area contributed by atoms with Crippen molar-refractivity contribution in [3.8, 4) is 0 Å². The summed E-state index contributed by atoms with van der Waals surface area (Å²) in [7, 11) is 0. The molecule has 0 bridgehead atoms. The van der Waals surface area contributed by atoms with Crippen LogP contribution in [0.3, 0.4) is 0 Å². The van der Waals surface area contributed by atoms with Crippen LogP contribution in [0.25, 0.3) is 10.9 Å². The van der Waals surface area contributed by atoms with Crippen molar-refractivity contribution in [2.24, 2.45) is 10.9 Å². The van der Waals surface area contributed by atoms with Gasteiger partial charge in [-0.3, -0.25) is 0 Å². The number of aryl methyl sites for hydroxylation is 1. The van der Waals surface area contributed by atoms with Crippen LogP contribution >= 0.6 is 0 Å². The highest BCUT2D eigenvalue weighted by molar-refractivity contribution is 6.06. The van der Waals surface area contributed by atoms with E-state index in [1.54, 1.807) is 12.1 Å². The monoisotopic (exact) mass is 217 g/mol. The SMILES string of the molecule is NN=C1CCCc2c1[nH]c1ccc(F)cc21. The van der Waals surface area contributed by atoms with Crippen LogP contribution in [-0.4, -0.2) is 10.7 Å². The number of H-pyrrole nitrogens is 1. The van der Waals surface area contributed by atoms with Gasteiger partial charge < -0.3 is 10.8 Å². The summed E-state index contributed by atoms with van der Waals surface area (Å²) in [4.78, 5) is 3.27. The summed E-state index contributed by atoms with van der Waals surface area (Å²) in [6.07, 6.45) is 2.86. The summed E-state index contributed by atoms with van der Waals surface area (Å²) < 4.78 is 13.2. The molecule has 3 nitrogen and oxygen atoms in total. The van der Waals surface area contributed by atoms with Gasteiger partial charge in [0.05, 0.1) is 11.4 Å². The minimum Gasteiger partial charge on any atom is -0.353 e. The molecule has 16 heavy (non-hydrogen) atoms. The number of hydrogen-bond donors (Lipinski definition) is 2. The number of benzene rings is 1. The third kappa shape index (κ3) is 1.23. The first-order chi connectivity index (χ1) is 7.79. The number of aromatic amines is 1. The molecule has 4 heteroatoms. The van der Waals surface area contributed by atoms with Crippen LogP contribution in [0.2, 0.25) is 0 Å². The molecular formula is C12H12FN3. The summed E-state index contributed by atoms with van der Waals surface area (Å²) >= 11 is 0. The molecule has 0 saturated carbocycles. The number of hydrogen-bond acceptors (Lipinski definition) is 2. The van der Waals surface area contributed by atoms with Crippen molar-refractivity contribution < 1.29 is 4.39 Å². The lowest BCUT2D eigenvalue weighted by Gasteiger charge is -2.12. The van der Waals surface area contributed by atoms with Crippen LogP contribution in [0.1, 0.15) is 24.1 Å². The molecule has 1 heterocycles. The summed E-state index contributed by atoms with van der Waals surface area (Å²) in [6, 6.07) is 4.80. The lowest BCUT2D eigenvalue weighted by atomic mass is 9.94. The molecule has 0 unspecified atom stereocenters. The van der Waals surface area contributed by atoms with Crippen molar-refractivity contribution in [3.05, 3.63) is 35.3 Å². The highest BCUT2D eigenvalue weighted by Gasteiger charge is 2.20. The fraction of sp³-hybridized carbons (Fsp3) is 0.250. The standard InChI is InChI=1S/C12H12FN3/c13-7-4-5-10-9(6-7)8-2-1-3-11(16-14)12(8)15-10/h4-6,15H,1-3,14H2. The maximum absolute atomic E-state index is 13.2. The summed E-state index contributed by atoms with van der Waals surface area (Å²) in [5, 5.41) is 4.75. The topological polar surface area (TPSA) is 54.2 Å². The van der Waals surface area contributed by atoms with E-state index in [9.17, 15) is 4.39 Å². The lowest BCUT2D eigenvalue weighted by Crippen LogP contribution is -2.12. The molecule has 1 aliphatic rings. The predicted octanol–water partition coefficient (Wildman–Crippen LogP) is 2.31. The Morgan fingerprint density at radius 3 is 3.00 bits per heavy atom. The Kier molecular flexibility index (Phi) is 1.96. The third-order valence-corrected chi connectivity index (χ3v) is 3.15. The van der Waals surface area contributed by atoms with E-state index < -0.39 is 0 Å². The number of nitrogens with two attached hydrogens (primary N) is 1. The van der Waals surface area contributed by atoms with E-state index in [4.69, 9.17) is 5.84 Å². The smallest absolute Gasteiger partial charge is 0.123 e.